The molecule has 4 aromatic heterocycles. The number of nitrogen functional groups attached to an aromatic ring is 1. The number of aromatic amines is 2. The molecule has 2 unspecified atom stereocenters. The lowest BCUT2D eigenvalue weighted by molar-refractivity contribution is -0.0566. The molecule has 206 valence electrons. The van der Waals surface area contributed by atoms with E-state index in [1.165, 1.54) is 23.5 Å². The third-order valence-corrected chi connectivity index (χ3v) is 8.45. The maximum absolute atomic E-state index is 13.0. The summed E-state index contributed by atoms with van der Waals surface area (Å²) in [6.07, 6.45) is 3.18. The van der Waals surface area contributed by atoms with Crippen LogP contribution in [0.5, 0.6) is 0 Å². The van der Waals surface area contributed by atoms with E-state index in [1.807, 2.05) is 0 Å². The SMILES string of the molecule is Nc1nc2c(ncn2[C@@H]2OC3CC[C@H]4C[C@H](n5cnc6c(=O)[nH]cnc65)O[C@@H]4COP(=O)(O)O[C@@H]2C3)c(=O)[nH]1. The highest BCUT2D eigenvalue weighted by molar-refractivity contribution is 7.47. The van der Waals surface area contributed by atoms with Crippen LogP contribution in [0.15, 0.2) is 28.6 Å². The van der Waals surface area contributed by atoms with E-state index in [2.05, 4.69) is 29.9 Å². The normalized spacial score (nSPS) is 33.4. The monoisotopic (exact) mass is 561 g/mol. The Hall–Kier alpha value is -3.47. The first-order valence-electron chi connectivity index (χ1n) is 12.3. The van der Waals surface area contributed by atoms with Crippen LogP contribution < -0.4 is 16.9 Å². The molecular formula is C21H24N9O8P. The molecule has 7 atom stereocenters. The van der Waals surface area contributed by atoms with Crippen LogP contribution in [0, 0.1) is 5.92 Å². The number of nitrogens with two attached hydrogens (primary N) is 1. The predicted molar refractivity (Wildman–Crippen MR) is 131 cm³/mol. The van der Waals surface area contributed by atoms with E-state index >= 15 is 0 Å². The smallest absolute Gasteiger partial charge is 0.369 e. The second-order valence-corrected chi connectivity index (χ2v) is 11.2. The minimum Gasteiger partial charge on any atom is -0.369 e. The van der Waals surface area contributed by atoms with Gasteiger partial charge in [-0.15, -0.1) is 0 Å². The Kier molecular flexibility index (Phi) is 5.69. The summed E-state index contributed by atoms with van der Waals surface area (Å²) < 4.78 is 39.6. The van der Waals surface area contributed by atoms with Gasteiger partial charge in [-0.3, -0.25) is 32.8 Å². The Morgan fingerprint density at radius 1 is 1.00 bits per heavy atom. The van der Waals surface area contributed by atoms with Crippen LogP contribution in [-0.4, -0.2) is 68.9 Å². The third kappa shape index (κ3) is 4.27. The minimum absolute atomic E-state index is 0.0530. The molecule has 5 N–H and O–H groups in total. The molecular weight excluding hydrogens is 537 g/mol. The quantitative estimate of drug-likeness (QED) is 0.242. The molecule has 3 fully saturated rings. The summed E-state index contributed by atoms with van der Waals surface area (Å²) in [5, 5.41) is 0. The topological polar surface area (TPSA) is 227 Å². The lowest BCUT2D eigenvalue weighted by Crippen LogP contribution is -2.26. The fourth-order valence-corrected chi connectivity index (χ4v) is 6.58. The van der Waals surface area contributed by atoms with E-state index in [-0.39, 0.29) is 46.8 Å². The van der Waals surface area contributed by atoms with E-state index < -0.39 is 38.0 Å². The van der Waals surface area contributed by atoms with Crippen molar-refractivity contribution in [1.29, 1.82) is 0 Å². The van der Waals surface area contributed by atoms with Gasteiger partial charge in [-0.2, -0.15) is 4.98 Å². The molecule has 2 bridgehead atoms. The van der Waals surface area contributed by atoms with Crippen LogP contribution >= 0.6 is 7.82 Å². The minimum atomic E-state index is -4.55. The number of ether oxygens (including phenoxy) is 2. The number of imidazole rings is 2. The summed E-state index contributed by atoms with van der Waals surface area (Å²) in [4.78, 5) is 56.4. The van der Waals surface area contributed by atoms with Gasteiger partial charge in [0.25, 0.3) is 11.1 Å². The molecule has 4 aromatic rings. The predicted octanol–water partition coefficient (Wildman–Crippen LogP) is 0.322. The number of rotatable bonds is 2. The second kappa shape index (κ2) is 9.04. The van der Waals surface area contributed by atoms with Gasteiger partial charge < -0.3 is 25.1 Å². The first kappa shape index (κ1) is 24.6. The van der Waals surface area contributed by atoms with Gasteiger partial charge >= 0.3 is 7.82 Å². The van der Waals surface area contributed by atoms with Crippen molar-refractivity contribution in [1.82, 2.24) is 39.0 Å². The van der Waals surface area contributed by atoms with E-state index in [1.54, 1.807) is 4.57 Å². The average molecular weight is 561 g/mol. The zero-order valence-electron chi connectivity index (χ0n) is 20.2. The first-order valence-corrected chi connectivity index (χ1v) is 13.8. The summed E-state index contributed by atoms with van der Waals surface area (Å²) in [5.41, 5.74) is 5.65. The Morgan fingerprint density at radius 3 is 2.64 bits per heavy atom. The maximum atomic E-state index is 13.0. The standard InChI is InChI=1S/C21H24N9O8P/c22-21-27-17-15(19(32)28-21)26-8-30(17)20-11-4-10(36-20)2-1-9-3-13(37-12(9)5-35-39(33,34)38-11)29-7-25-14-16(29)23-6-24-18(14)31/h6-13,20H,1-5H2,(H,33,34)(H,23,24,31)(H3,22,27,28,32)/t9-,10?,11+,12+,13+,20+/m0/s1. The fourth-order valence-electron chi connectivity index (χ4n) is 5.65. The van der Waals surface area contributed by atoms with Crippen LogP contribution in [0.1, 0.15) is 38.1 Å². The van der Waals surface area contributed by atoms with Gasteiger partial charge in [-0.25, -0.2) is 19.5 Å². The zero-order valence-corrected chi connectivity index (χ0v) is 21.1. The number of hydrogen-bond acceptors (Lipinski definition) is 12. The van der Waals surface area contributed by atoms with Crippen LogP contribution in [0.25, 0.3) is 22.3 Å². The maximum Gasteiger partial charge on any atom is 0.472 e. The summed E-state index contributed by atoms with van der Waals surface area (Å²) >= 11 is 0. The Bertz CT molecular complexity index is 1730. The first-order chi connectivity index (χ1) is 18.8. The van der Waals surface area contributed by atoms with Gasteiger partial charge in [-0.05, 0) is 25.2 Å². The lowest BCUT2D eigenvalue weighted by Gasteiger charge is -2.25. The Balaban J connectivity index is 1.16. The van der Waals surface area contributed by atoms with Crippen molar-refractivity contribution in [3.05, 3.63) is 39.7 Å². The van der Waals surface area contributed by atoms with Gasteiger partial charge in [0, 0.05) is 6.42 Å². The fraction of sp³-hybridized carbons (Fsp3) is 0.524. The van der Waals surface area contributed by atoms with Crippen molar-refractivity contribution in [2.45, 2.75) is 56.5 Å². The number of phosphoric acid groups is 1. The zero-order chi connectivity index (χ0) is 26.9. The molecule has 0 spiro atoms. The molecule has 7 heterocycles. The molecule has 0 aliphatic carbocycles. The van der Waals surface area contributed by atoms with Crippen molar-refractivity contribution in [2.75, 3.05) is 12.3 Å². The molecule has 0 aromatic carbocycles. The number of nitrogens with one attached hydrogen (secondary N) is 2. The van der Waals surface area contributed by atoms with Crippen LogP contribution in [0.4, 0.5) is 5.95 Å². The number of anilines is 1. The molecule has 3 aliphatic rings. The molecule has 18 heteroatoms. The highest BCUT2D eigenvalue weighted by Crippen LogP contribution is 2.51. The summed E-state index contributed by atoms with van der Waals surface area (Å²) in [6, 6.07) is 0. The number of phosphoric ester groups is 1. The molecule has 39 heavy (non-hydrogen) atoms. The average Bonchev–Trinajstić information content (AvgIpc) is 3.65. The molecule has 3 saturated heterocycles. The van der Waals surface area contributed by atoms with Gasteiger partial charge in [-0.1, -0.05) is 0 Å². The van der Waals surface area contributed by atoms with Crippen molar-refractivity contribution in [2.24, 2.45) is 5.92 Å². The van der Waals surface area contributed by atoms with Crippen LogP contribution in [-0.2, 0) is 23.1 Å². The summed E-state index contributed by atoms with van der Waals surface area (Å²) in [5.74, 6) is -0.151. The van der Waals surface area contributed by atoms with Gasteiger partial charge in [0.2, 0.25) is 5.95 Å². The van der Waals surface area contributed by atoms with E-state index in [0.717, 1.165) is 0 Å². The van der Waals surface area contributed by atoms with Crippen molar-refractivity contribution in [3.63, 3.8) is 0 Å². The van der Waals surface area contributed by atoms with Gasteiger partial charge in [0.1, 0.15) is 12.3 Å². The number of nitrogens with zero attached hydrogens (tertiary/aromatic N) is 6. The van der Waals surface area contributed by atoms with Gasteiger partial charge in [0.05, 0.1) is 37.8 Å². The largest absolute Gasteiger partial charge is 0.472 e. The van der Waals surface area contributed by atoms with E-state index in [4.69, 9.17) is 24.3 Å². The molecule has 0 radical (unpaired) electrons. The Labute approximate surface area is 217 Å². The summed E-state index contributed by atoms with van der Waals surface area (Å²) in [7, 11) is -4.55. The highest BCUT2D eigenvalue weighted by Gasteiger charge is 2.46. The number of hydrogen-bond donors (Lipinski definition) is 4. The molecule has 3 aliphatic heterocycles. The summed E-state index contributed by atoms with van der Waals surface area (Å²) in [6.45, 7) is -0.181. The molecule has 0 saturated carbocycles. The van der Waals surface area contributed by atoms with E-state index in [9.17, 15) is 19.0 Å². The molecule has 17 nitrogen and oxygen atoms in total. The van der Waals surface area contributed by atoms with Gasteiger partial charge in [0.15, 0.2) is 28.6 Å². The van der Waals surface area contributed by atoms with Crippen molar-refractivity contribution in [3.8, 4) is 0 Å². The molecule has 0 amide bonds. The van der Waals surface area contributed by atoms with Crippen LogP contribution in [0.3, 0.4) is 0 Å². The lowest BCUT2D eigenvalue weighted by atomic mass is 9.93. The number of fused-ring (bicyclic) bond motifs is 5. The number of aromatic nitrogens is 8. The van der Waals surface area contributed by atoms with Crippen LogP contribution in [0.2, 0.25) is 0 Å². The van der Waals surface area contributed by atoms with Crippen molar-refractivity contribution >= 4 is 36.1 Å². The van der Waals surface area contributed by atoms with E-state index in [0.29, 0.717) is 31.3 Å². The molecule has 7 rings (SSSR count). The Morgan fingerprint density at radius 2 is 1.79 bits per heavy atom. The highest BCUT2D eigenvalue weighted by atomic mass is 31.2. The van der Waals surface area contributed by atoms with Crippen molar-refractivity contribution < 1.29 is 28.0 Å². The number of H-pyrrole nitrogens is 2. The third-order valence-electron chi connectivity index (χ3n) is 7.44. The second-order valence-electron chi connectivity index (χ2n) is 9.83.